The highest BCUT2D eigenvalue weighted by atomic mass is 32.1. The molecule has 17 heavy (non-hydrogen) atoms. The zero-order valence-corrected chi connectivity index (χ0v) is 10.7. The number of ether oxygens (including phenoxy) is 1. The third-order valence-electron chi connectivity index (χ3n) is 3.13. The van der Waals surface area contributed by atoms with Gasteiger partial charge in [0.2, 0.25) is 0 Å². The highest BCUT2D eigenvalue weighted by Crippen LogP contribution is 2.19. The first-order valence-corrected chi connectivity index (χ1v) is 6.16. The molecule has 0 unspecified atom stereocenters. The summed E-state index contributed by atoms with van der Waals surface area (Å²) < 4.78 is 5.36. The van der Waals surface area contributed by atoms with E-state index < -0.39 is 0 Å². The van der Waals surface area contributed by atoms with E-state index in [0.29, 0.717) is 11.0 Å². The van der Waals surface area contributed by atoms with Crippen LogP contribution in [0.2, 0.25) is 0 Å². The minimum Gasteiger partial charge on any atom is -0.389 e. The van der Waals surface area contributed by atoms with Crippen LogP contribution in [0.15, 0.2) is 18.3 Å². The number of anilines is 1. The summed E-state index contributed by atoms with van der Waals surface area (Å²) in [7, 11) is 2.07. The number of aromatic nitrogens is 1. The molecule has 0 radical (unpaired) electrons. The molecule has 1 saturated heterocycles. The van der Waals surface area contributed by atoms with Gasteiger partial charge in [-0.05, 0) is 25.0 Å². The second kappa shape index (κ2) is 5.42. The van der Waals surface area contributed by atoms with Crippen molar-refractivity contribution in [1.29, 1.82) is 0 Å². The second-order valence-corrected chi connectivity index (χ2v) is 4.66. The first-order chi connectivity index (χ1) is 8.18. The predicted octanol–water partition coefficient (Wildman–Crippen LogP) is 1.33. The fraction of sp³-hybridized carbons (Fsp3) is 0.500. The molecule has 4 nitrogen and oxygen atoms in total. The zero-order valence-electron chi connectivity index (χ0n) is 9.93. The summed E-state index contributed by atoms with van der Waals surface area (Å²) >= 11 is 4.90. The maximum atomic E-state index is 5.54. The van der Waals surface area contributed by atoms with E-state index in [2.05, 4.69) is 16.9 Å². The highest BCUT2D eigenvalue weighted by molar-refractivity contribution is 7.80. The smallest absolute Gasteiger partial charge is 0.128 e. The predicted molar refractivity (Wildman–Crippen MR) is 72.4 cm³/mol. The summed E-state index contributed by atoms with van der Waals surface area (Å²) in [6, 6.07) is 4.39. The Morgan fingerprint density at radius 3 is 2.71 bits per heavy atom. The Balaban J connectivity index is 2.07. The van der Waals surface area contributed by atoms with Crippen molar-refractivity contribution in [2.75, 3.05) is 25.2 Å². The summed E-state index contributed by atoms with van der Waals surface area (Å²) in [6.07, 6.45) is 3.83. The van der Waals surface area contributed by atoms with Crippen LogP contribution in [0.3, 0.4) is 0 Å². The van der Waals surface area contributed by atoms with Gasteiger partial charge in [0.05, 0.1) is 0 Å². The van der Waals surface area contributed by atoms with Crippen LogP contribution in [-0.4, -0.2) is 36.3 Å². The summed E-state index contributed by atoms with van der Waals surface area (Å²) in [5.41, 5.74) is 6.35. The minimum atomic E-state index is 0.387. The Bertz CT molecular complexity index is 387. The van der Waals surface area contributed by atoms with Crippen LogP contribution >= 0.6 is 12.2 Å². The van der Waals surface area contributed by atoms with Crippen LogP contribution in [0.4, 0.5) is 5.82 Å². The molecule has 1 fully saturated rings. The molecule has 0 aliphatic carbocycles. The Hall–Kier alpha value is -1.20. The van der Waals surface area contributed by atoms with E-state index in [0.717, 1.165) is 37.4 Å². The number of rotatable bonds is 3. The maximum absolute atomic E-state index is 5.54. The van der Waals surface area contributed by atoms with Crippen LogP contribution in [0.25, 0.3) is 0 Å². The van der Waals surface area contributed by atoms with E-state index in [1.54, 1.807) is 6.20 Å². The molecule has 0 saturated carbocycles. The Morgan fingerprint density at radius 1 is 1.47 bits per heavy atom. The summed E-state index contributed by atoms with van der Waals surface area (Å²) in [5.74, 6) is 0.955. The van der Waals surface area contributed by atoms with E-state index in [-0.39, 0.29) is 0 Å². The third-order valence-corrected chi connectivity index (χ3v) is 3.37. The van der Waals surface area contributed by atoms with E-state index in [4.69, 9.17) is 22.7 Å². The normalized spacial score (nSPS) is 16.8. The molecule has 0 atom stereocenters. The molecule has 0 aromatic carbocycles. The van der Waals surface area contributed by atoms with Gasteiger partial charge in [-0.3, -0.25) is 0 Å². The van der Waals surface area contributed by atoms with Crippen LogP contribution in [-0.2, 0) is 4.74 Å². The molecule has 2 N–H and O–H groups in total. The fourth-order valence-electron chi connectivity index (χ4n) is 2.00. The molecule has 2 rings (SSSR count). The lowest BCUT2D eigenvalue weighted by Crippen LogP contribution is -2.37. The van der Waals surface area contributed by atoms with Gasteiger partial charge in [-0.25, -0.2) is 4.98 Å². The average molecular weight is 251 g/mol. The Labute approximate surface area is 107 Å². The van der Waals surface area contributed by atoms with Crippen molar-refractivity contribution in [2.45, 2.75) is 18.9 Å². The monoisotopic (exact) mass is 251 g/mol. The van der Waals surface area contributed by atoms with Crippen molar-refractivity contribution in [3.05, 3.63) is 23.9 Å². The lowest BCUT2D eigenvalue weighted by Gasteiger charge is -2.32. The number of nitrogens with zero attached hydrogens (tertiary/aromatic N) is 2. The minimum absolute atomic E-state index is 0.387. The second-order valence-electron chi connectivity index (χ2n) is 4.22. The fourth-order valence-corrected chi connectivity index (χ4v) is 2.12. The Kier molecular flexibility index (Phi) is 3.91. The van der Waals surface area contributed by atoms with Gasteiger partial charge in [0.25, 0.3) is 0 Å². The molecule has 0 spiro atoms. The molecule has 0 amide bonds. The van der Waals surface area contributed by atoms with Crippen LogP contribution in [0.1, 0.15) is 18.4 Å². The van der Waals surface area contributed by atoms with Crippen molar-refractivity contribution >= 4 is 23.0 Å². The van der Waals surface area contributed by atoms with Gasteiger partial charge in [0.1, 0.15) is 10.8 Å². The molecule has 0 bridgehead atoms. The van der Waals surface area contributed by atoms with E-state index in [9.17, 15) is 0 Å². The summed E-state index contributed by atoms with van der Waals surface area (Å²) in [5, 5.41) is 0. The van der Waals surface area contributed by atoms with Crippen LogP contribution < -0.4 is 10.6 Å². The molecule has 1 aliphatic rings. The maximum Gasteiger partial charge on any atom is 0.128 e. The average Bonchev–Trinajstić information content (AvgIpc) is 2.39. The zero-order chi connectivity index (χ0) is 12.3. The quantitative estimate of drug-likeness (QED) is 0.821. The molecule has 2 heterocycles. The van der Waals surface area contributed by atoms with E-state index in [1.165, 1.54) is 0 Å². The molecule has 92 valence electrons. The molecule has 1 aromatic heterocycles. The molecular weight excluding hydrogens is 234 g/mol. The Morgan fingerprint density at radius 2 is 2.18 bits per heavy atom. The van der Waals surface area contributed by atoms with Gasteiger partial charge >= 0.3 is 0 Å². The van der Waals surface area contributed by atoms with Gasteiger partial charge in [-0.1, -0.05) is 12.2 Å². The molecule has 1 aromatic rings. The van der Waals surface area contributed by atoms with E-state index in [1.807, 2.05) is 12.1 Å². The van der Waals surface area contributed by atoms with Crippen LogP contribution in [0.5, 0.6) is 0 Å². The lowest BCUT2D eigenvalue weighted by molar-refractivity contribution is 0.0853. The SMILES string of the molecule is CN(c1ccc(C(N)=S)cn1)C1CCOCC1. The van der Waals surface area contributed by atoms with Crippen LogP contribution in [0, 0.1) is 0 Å². The first-order valence-electron chi connectivity index (χ1n) is 5.75. The van der Waals surface area contributed by atoms with Crippen molar-refractivity contribution < 1.29 is 4.74 Å². The highest BCUT2D eigenvalue weighted by Gasteiger charge is 2.19. The van der Waals surface area contributed by atoms with Crippen molar-refractivity contribution in [2.24, 2.45) is 5.73 Å². The summed E-state index contributed by atoms with van der Waals surface area (Å²) in [4.78, 5) is 6.98. The van der Waals surface area contributed by atoms with Gasteiger partial charge in [0, 0.05) is 38.1 Å². The van der Waals surface area contributed by atoms with Crippen molar-refractivity contribution in [1.82, 2.24) is 4.98 Å². The number of nitrogens with two attached hydrogens (primary N) is 1. The number of hydrogen-bond donors (Lipinski definition) is 1. The standard InChI is InChI=1S/C12H17N3OS/c1-15(10-4-6-16-7-5-10)11-3-2-9(8-14-11)12(13)17/h2-3,8,10H,4-7H2,1H3,(H2,13,17). The van der Waals surface area contributed by atoms with Crippen molar-refractivity contribution in [3.63, 3.8) is 0 Å². The van der Waals surface area contributed by atoms with Gasteiger partial charge < -0.3 is 15.4 Å². The lowest BCUT2D eigenvalue weighted by atomic mass is 10.1. The van der Waals surface area contributed by atoms with Gasteiger partial charge in [-0.2, -0.15) is 0 Å². The number of pyridine rings is 1. The van der Waals surface area contributed by atoms with E-state index >= 15 is 0 Å². The first kappa shape index (κ1) is 12.3. The largest absolute Gasteiger partial charge is 0.389 e. The van der Waals surface area contributed by atoms with Gasteiger partial charge in [0.15, 0.2) is 0 Å². The third kappa shape index (κ3) is 2.92. The summed E-state index contributed by atoms with van der Waals surface area (Å²) in [6.45, 7) is 1.67. The number of thiocarbonyl (C=S) groups is 1. The topological polar surface area (TPSA) is 51.4 Å². The van der Waals surface area contributed by atoms with Crippen molar-refractivity contribution in [3.8, 4) is 0 Å². The molecule has 5 heteroatoms. The molecule has 1 aliphatic heterocycles. The number of hydrogen-bond acceptors (Lipinski definition) is 4. The molecular formula is C12H17N3OS. The van der Waals surface area contributed by atoms with Gasteiger partial charge in [-0.15, -0.1) is 0 Å².